The quantitative estimate of drug-likeness (QED) is 0.509. The number of carbonyl (C=O) groups excluding carboxylic acids is 2. The van der Waals surface area contributed by atoms with E-state index in [2.05, 4.69) is 5.32 Å². The van der Waals surface area contributed by atoms with Gasteiger partial charge in [0.25, 0.3) is 0 Å². The van der Waals surface area contributed by atoms with E-state index in [0.29, 0.717) is 12.1 Å². The molecule has 180 valence electrons. The minimum absolute atomic E-state index is 0.0223. The van der Waals surface area contributed by atoms with Gasteiger partial charge in [0.1, 0.15) is 11.9 Å². The fourth-order valence-electron chi connectivity index (χ4n) is 3.28. The Hall–Kier alpha value is -2.78. The summed E-state index contributed by atoms with van der Waals surface area (Å²) in [5, 5.41) is 2.77. The first kappa shape index (κ1) is 26.5. The van der Waals surface area contributed by atoms with Crippen LogP contribution < -0.4 is 5.32 Å². The summed E-state index contributed by atoms with van der Waals surface area (Å²) in [6.45, 7) is 4.09. The zero-order valence-electron chi connectivity index (χ0n) is 19.3. The summed E-state index contributed by atoms with van der Waals surface area (Å²) < 4.78 is 40.7. The number of nitrogens with zero attached hydrogens (tertiary/aromatic N) is 2. The number of sulfonamides is 1. The van der Waals surface area contributed by atoms with Gasteiger partial charge in [-0.25, -0.2) is 17.1 Å². The third kappa shape index (κ3) is 7.36. The number of carbonyl (C=O) groups is 2. The van der Waals surface area contributed by atoms with E-state index in [1.165, 1.54) is 34.5 Å². The Balaban J connectivity index is 2.07. The van der Waals surface area contributed by atoms with Gasteiger partial charge in [-0.3, -0.25) is 9.59 Å². The second-order valence-corrected chi connectivity index (χ2v) is 9.87. The van der Waals surface area contributed by atoms with Gasteiger partial charge in [0.05, 0.1) is 4.90 Å². The van der Waals surface area contributed by atoms with Gasteiger partial charge in [-0.05, 0) is 38.0 Å². The van der Waals surface area contributed by atoms with Crippen molar-refractivity contribution in [3.05, 3.63) is 66.0 Å². The molecule has 0 aliphatic carbocycles. The minimum Gasteiger partial charge on any atom is -0.354 e. The molecule has 0 aromatic heterocycles. The van der Waals surface area contributed by atoms with Gasteiger partial charge in [0.15, 0.2) is 0 Å². The number of nitrogens with one attached hydrogen (secondary N) is 1. The average molecular weight is 478 g/mol. The number of benzene rings is 2. The predicted octanol–water partition coefficient (Wildman–Crippen LogP) is 3.17. The van der Waals surface area contributed by atoms with E-state index in [1.54, 1.807) is 43.3 Å². The highest BCUT2D eigenvalue weighted by Gasteiger charge is 2.27. The van der Waals surface area contributed by atoms with Crippen LogP contribution in [-0.2, 0) is 26.2 Å². The van der Waals surface area contributed by atoms with E-state index in [1.807, 2.05) is 6.92 Å². The zero-order chi connectivity index (χ0) is 24.4. The van der Waals surface area contributed by atoms with Crippen LogP contribution in [0.3, 0.4) is 0 Å². The van der Waals surface area contributed by atoms with Crippen molar-refractivity contribution in [1.82, 2.24) is 14.5 Å². The first-order chi connectivity index (χ1) is 15.7. The molecule has 0 spiro atoms. The molecule has 2 aromatic rings. The molecule has 7 nitrogen and oxygen atoms in total. The predicted molar refractivity (Wildman–Crippen MR) is 125 cm³/mol. The second kappa shape index (κ2) is 12.5. The van der Waals surface area contributed by atoms with Crippen molar-refractivity contribution in [2.75, 3.05) is 20.1 Å². The number of halogens is 1. The standard InChI is InChI=1S/C24H32FN3O4S/c1-4-16-26-24(30)19(2)28(18-20-11-8-9-14-22(20)25)23(29)15-10-17-27(3)33(31,32)21-12-6-5-7-13-21/h5-9,11-14,19H,4,10,15-18H2,1-3H3,(H,26,30). The highest BCUT2D eigenvalue weighted by Crippen LogP contribution is 2.17. The van der Waals surface area contributed by atoms with Gasteiger partial charge in [-0.2, -0.15) is 0 Å². The molecule has 9 heteroatoms. The number of hydrogen-bond acceptors (Lipinski definition) is 4. The third-order valence-corrected chi connectivity index (χ3v) is 7.20. The van der Waals surface area contributed by atoms with Crippen LogP contribution in [0.15, 0.2) is 59.5 Å². The van der Waals surface area contributed by atoms with Crippen LogP contribution in [0, 0.1) is 5.82 Å². The van der Waals surface area contributed by atoms with Gasteiger partial charge < -0.3 is 10.2 Å². The summed E-state index contributed by atoms with van der Waals surface area (Å²) in [4.78, 5) is 27.1. The number of rotatable bonds is 12. The lowest BCUT2D eigenvalue weighted by molar-refractivity contribution is -0.140. The molecule has 0 fully saturated rings. The summed E-state index contributed by atoms with van der Waals surface area (Å²) in [6.07, 6.45) is 1.04. The van der Waals surface area contributed by atoms with Crippen molar-refractivity contribution < 1.29 is 22.4 Å². The first-order valence-electron chi connectivity index (χ1n) is 11.0. The molecule has 1 unspecified atom stereocenters. The van der Waals surface area contributed by atoms with Gasteiger partial charge in [0, 0.05) is 38.7 Å². The molecular formula is C24H32FN3O4S. The Kier molecular flexibility index (Phi) is 9.99. The highest BCUT2D eigenvalue weighted by atomic mass is 32.2. The van der Waals surface area contributed by atoms with E-state index < -0.39 is 21.9 Å². The molecule has 0 bridgehead atoms. The van der Waals surface area contributed by atoms with Crippen molar-refractivity contribution in [1.29, 1.82) is 0 Å². The highest BCUT2D eigenvalue weighted by molar-refractivity contribution is 7.89. The molecule has 0 aliphatic rings. The lowest BCUT2D eigenvalue weighted by Crippen LogP contribution is -2.48. The monoisotopic (exact) mass is 477 g/mol. The molecule has 0 aliphatic heterocycles. The molecule has 2 rings (SSSR count). The van der Waals surface area contributed by atoms with Crippen LogP contribution in [0.1, 0.15) is 38.7 Å². The minimum atomic E-state index is -3.66. The van der Waals surface area contributed by atoms with Gasteiger partial charge in [0.2, 0.25) is 21.8 Å². The van der Waals surface area contributed by atoms with Crippen molar-refractivity contribution in [3.8, 4) is 0 Å². The number of hydrogen-bond donors (Lipinski definition) is 1. The third-order valence-electron chi connectivity index (χ3n) is 5.33. The van der Waals surface area contributed by atoms with Crippen molar-refractivity contribution >= 4 is 21.8 Å². The summed E-state index contributed by atoms with van der Waals surface area (Å²) in [5.41, 5.74) is 0.310. The fourth-order valence-corrected chi connectivity index (χ4v) is 4.51. The lowest BCUT2D eigenvalue weighted by Gasteiger charge is -2.29. The van der Waals surface area contributed by atoms with Crippen molar-refractivity contribution in [3.63, 3.8) is 0 Å². The molecule has 33 heavy (non-hydrogen) atoms. The van der Waals surface area contributed by atoms with Crippen LogP contribution in [0.25, 0.3) is 0 Å². The summed E-state index contributed by atoms with van der Waals surface area (Å²) in [6, 6.07) is 13.4. The SMILES string of the molecule is CCCNC(=O)C(C)N(Cc1ccccc1F)C(=O)CCCN(C)S(=O)(=O)c1ccccc1. The lowest BCUT2D eigenvalue weighted by atomic mass is 10.1. The van der Waals surface area contributed by atoms with Gasteiger partial charge in [-0.1, -0.05) is 43.3 Å². The van der Waals surface area contributed by atoms with Gasteiger partial charge >= 0.3 is 0 Å². The van der Waals surface area contributed by atoms with E-state index >= 15 is 0 Å². The molecule has 0 heterocycles. The largest absolute Gasteiger partial charge is 0.354 e. The summed E-state index contributed by atoms with van der Waals surface area (Å²) in [5.74, 6) is -1.11. The van der Waals surface area contributed by atoms with Crippen LogP contribution in [-0.4, -0.2) is 55.6 Å². The molecule has 2 amide bonds. The maximum Gasteiger partial charge on any atom is 0.242 e. The first-order valence-corrected chi connectivity index (χ1v) is 12.4. The summed E-state index contributed by atoms with van der Waals surface area (Å²) in [7, 11) is -2.19. The maximum atomic E-state index is 14.2. The molecular weight excluding hydrogens is 445 g/mol. The molecule has 1 atom stereocenters. The Morgan fingerprint density at radius 2 is 1.70 bits per heavy atom. The zero-order valence-corrected chi connectivity index (χ0v) is 20.1. The fraction of sp³-hybridized carbons (Fsp3) is 0.417. The van der Waals surface area contributed by atoms with Crippen LogP contribution >= 0.6 is 0 Å². The van der Waals surface area contributed by atoms with E-state index in [-0.39, 0.29) is 42.6 Å². The second-order valence-electron chi connectivity index (χ2n) is 7.82. The smallest absolute Gasteiger partial charge is 0.242 e. The van der Waals surface area contributed by atoms with E-state index in [4.69, 9.17) is 0 Å². The van der Waals surface area contributed by atoms with E-state index in [0.717, 1.165) is 6.42 Å². The Morgan fingerprint density at radius 3 is 2.33 bits per heavy atom. The molecule has 0 radical (unpaired) electrons. The normalized spacial score (nSPS) is 12.4. The van der Waals surface area contributed by atoms with E-state index in [9.17, 15) is 22.4 Å². The van der Waals surface area contributed by atoms with Crippen molar-refractivity contribution in [2.45, 2.75) is 50.6 Å². The van der Waals surface area contributed by atoms with Crippen LogP contribution in [0.4, 0.5) is 4.39 Å². The van der Waals surface area contributed by atoms with Gasteiger partial charge in [-0.15, -0.1) is 0 Å². The maximum absolute atomic E-state index is 14.2. The molecule has 0 saturated heterocycles. The Bertz CT molecular complexity index is 1030. The Labute approximate surface area is 195 Å². The number of amides is 2. The molecule has 2 aromatic carbocycles. The topological polar surface area (TPSA) is 86.8 Å². The van der Waals surface area contributed by atoms with Crippen LogP contribution in [0.5, 0.6) is 0 Å². The Morgan fingerprint density at radius 1 is 1.06 bits per heavy atom. The summed E-state index contributed by atoms with van der Waals surface area (Å²) >= 11 is 0. The molecule has 1 N–H and O–H groups in total. The van der Waals surface area contributed by atoms with Crippen molar-refractivity contribution in [2.24, 2.45) is 0 Å². The molecule has 0 saturated carbocycles. The van der Waals surface area contributed by atoms with Crippen LogP contribution in [0.2, 0.25) is 0 Å². The average Bonchev–Trinajstić information content (AvgIpc) is 2.81.